The van der Waals surface area contributed by atoms with E-state index in [2.05, 4.69) is 60.9 Å². The summed E-state index contributed by atoms with van der Waals surface area (Å²) in [6, 6.07) is 12.4. The van der Waals surface area contributed by atoms with E-state index < -0.39 is 0 Å². The summed E-state index contributed by atoms with van der Waals surface area (Å²) >= 11 is 0. The molecule has 2 aliphatic rings. The molecule has 3 nitrogen and oxygen atoms in total. The first kappa shape index (κ1) is 16.9. The highest BCUT2D eigenvalue weighted by molar-refractivity contribution is 5.19. The molecule has 1 aromatic carbocycles. The smallest absolute Gasteiger partial charge is 0.0674 e. The van der Waals surface area contributed by atoms with Crippen LogP contribution in [0.15, 0.2) is 30.3 Å². The number of likely N-dealkylation sites (tertiary alicyclic amines) is 1. The molecule has 23 heavy (non-hydrogen) atoms. The summed E-state index contributed by atoms with van der Waals surface area (Å²) in [6.45, 7) is 12.5. The maximum atomic E-state index is 5.70. The number of ether oxygens (including phenoxy) is 1. The second-order valence-corrected chi connectivity index (χ2v) is 7.54. The quantitative estimate of drug-likeness (QED) is 0.844. The fraction of sp³-hybridized carbons (Fsp3) is 0.700. The van der Waals surface area contributed by atoms with E-state index >= 15 is 0 Å². The van der Waals surface area contributed by atoms with Gasteiger partial charge in [-0.1, -0.05) is 44.2 Å². The van der Waals surface area contributed by atoms with Crippen molar-refractivity contribution in [1.29, 1.82) is 0 Å². The van der Waals surface area contributed by atoms with Gasteiger partial charge in [-0.15, -0.1) is 0 Å². The lowest BCUT2D eigenvalue weighted by Gasteiger charge is -2.44. The first-order valence-corrected chi connectivity index (χ1v) is 9.30. The Labute approximate surface area is 141 Å². The highest BCUT2D eigenvalue weighted by Crippen LogP contribution is 2.32. The molecular formula is C20H32N2O. The van der Waals surface area contributed by atoms with E-state index in [1.165, 1.54) is 31.5 Å². The zero-order valence-corrected chi connectivity index (χ0v) is 14.9. The molecule has 128 valence electrons. The van der Waals surface area contributed by atoms with Crippen LogP contribution in [0, 0.1) is 5.92 Å². The first-order chi connectivity index (χ1) is 11.1. The molecule has 3 heteroatoms. The molecule has 0 aliphatic carbocycles. The van der Waals surface area contributed by atoms with Gasteiger partial charge in [-0.3, -0.25) is 9.80 Å². The van der Waals surface area contributed by atoms with E-state index in [0.717, 1.165) is 25.7 Å². The Morgan fingerprint density at radius 2 is 1.74 bits per heavy atom. The van der Waals surface area contributed by atoms with Crippen LogP contribution in [0.2, 0.25) is 0 Å². The molecule has 0 N–H and O–H groups in total. The number of benzene rings is 1. The van der Waals surface area contributed by atoms with Gasteiger partial charge in [0.1, 0.15) is 0 Å². The van der Waals surface area contributed by atoms with Crippen LogP contribution >= 0.6 is 0 Å². The van der Waals surface area contributed by atoms with Gasteiger partial charge >= 0.3 is 0 Å². The highest BCUT2D eigenvalue weighted by Gasteiger charge is 2.31. The van der Waals surface area contributed by atoms with Crippen LogP contribution < -0.4 is 0 Å². The summed E-state index contributed by atoms with van der Waals surface area (Å²) in [7, 11) is 0. The summed E-state index contributed by atoms with van der Waals surface area (Å²) in [5, 5.41) is 0. The first-order valence-electron chi connectivity index (χ1n) is 9.30. The standard InChI is InChI=1S/C20H32N2O/c1-16(2)20(18-7-5-4-6-8-18)21-11-9-19(10-12-21)22-13-14-23-17(3)15-22/h4-8,16-17,19-20H,9-15H2,1-3H3. The molecule has 2 heterocycles. The minimum atomic E-state index is 0.398. The van der Waals surface area contributed by atoms with Crippen molar-refractivity contribution in [1.82, 2.24) is 9.80 Å². The summed E-state index contributed by atoms with van der Waals surface area (Å²) in [4.78, 5) is 5.37. The average Bonchev–Trinajstić information content (AvgIpc) is 2.56. The van der Waals surface area contributed by atoms with Crippen LogP contribution in [0.4, 0.5) is 0 Å². The molecule has 2 saturated heterocycles. The predicted molar refractivity (Wildman–Crippen MR) is 95.6 cm³/mol. The van der Waals surface area contributed by atoms with Gasteiger partial charge in [0.15, 0.2) is 0 Å². The Morgan fingerprint density at radius 1 is 1.04 bits per heavy atom. The zero-order valence-electron chi connectivity index (χ0n) is 14.9. The van der Waals surface area contributed by atoms with Crippen molar-refractivity contribution in [2.24, 2.45) is 5.92 Å². The maximum Gasteiger partial charge on any atom is 0.0674 e. The van der Waals surface area contributed by atoms with Crippen molar-refractivity contribution in [2.75, 3.05) is 32.8 Å². The maximum absolute atomic E-state index is 5.70. The van der Waals surface area contributed by atoms with Crippen molar-refractivity contribution < 1.29 is 4.74 Å². The van der Waals surface area contributed by atoms with E-state index in [9.17, 15) is 0 Å². The summed E-state index contributed by atoms with van der Waals surface area (Å²) in [5.41, 5.74) is 1.47. The fourth-order valence-electron chi connectivity index (χ4n) is 4.37. The van der Waals surface area contributed by atoms with Crippen molar-refractivity contribution in [2.45, 2.75) is 51.8 Å². The van der Waals surface area contributed by atoms with Gasteiger partial charge in [-0.05, 0) is 31.2 Å². The van der Waals surface area contributed by atoms with Crippen LogP contribution in [-0.4, -0.2) is 54.7 Å². The minimum absolute atomic E-state index is 0.398. The molecule has 0 aromatic heterocycles. The van der Waals surface area contributed by atoms with Gasteiger partial charge < -0.3 is 4.74 Å². The molecule has 1 aromatic rings. The topological polar surface area (TPSA) is 15.7 Å². The van der Waals surface area contributed by atoms with E-state index in [1.54, 1.807) is 0 Å². The van der Waals surface area contributed by atoms with E-state index in [-0.39, 0.29) is 0 Å². The number of rotatable bonds is 4. The lowest BCUT2D eigenvalue weighted by Crippen LogP contribution is -2.51. The van der Waals surface area contributed by atoms with Gasteiger partial charge in [-0.25, -0.2) is 0 Å². The lowest BCUT2D eigenvalue weighted by molar-refractivity contribution is -0.0466. The summed E-state index contributed by atoms with van der Waals surface area (Å²) in [5.74, 6) is 0.650. The SMILES string of the molecule is CC1CN(C2CCN(C(c3ccccc3)C(C)C)CC2)CCO1. The minimum Gasteiger partial charge on any atom is -0.376 e. The van der Waals surface area contributed by atoms with Crippen LogP contribution in [-0.2, 0) is 4.74 Å². The number of piperidine rings is 1. The van der Waals surface area contributed by atoms with Gasteiger partial charge in [0.2, 0.25) is 0 Å². The van der Waals surface area contributed by atoms with Gasteiger partial charge in [0.25, 0.3) is 0 Å². The van der Waals surface area contributed by atoms with Crippen LogP contribution in [0.5, 0.6) is 0 Å². The van der Waals surface area contributed by atoms with Gasteiger partial charge in [0, 0.05) is 38.3 Å². The molecule has 2 unspecified atom stereocenters. The molecule has 2 fully saturated rings. The summed E-state index contributed by atoms with van der Waals surface area (Å²) in [6.07, 6.45) is 2.99. The van der Waals surface area contributed by atoms with Gasteiger partial charge in [-0.2, -0.15) is 0 Å². The Morgan fingerprint density at radius 3 is 2.35 bits per heavy atom. The van der Waals surface area contributed by atoms with Crippen molar-refractivity contribution in [3.63, 3.8) is 0 Å². The van der Waals surface area contributed by atoms with Crippen molar-refractivity contribution in [3.8, 4) is 0 Å². The normalized spacial score (nSPS) is 26.5. The second-order valence-electron chi connectivity index (χ2n) is 7.54. The fourth-order valence-corrected chi connectivity index (χ4v) is 4.37. The Balaban J connectivity index is 1.60. The Hall–Kier alpha value is -0.900. The molecule has 0 radical (unpaired) electrons. The third kappa shape index (κ3) is 4.14. The predicted octanol–water partition coefficient (Wildman–Crippen LogP) is 3.57. The highest BCUT2D eigenvalue weighted by atomic mass is 16.5. The lowest BCUT2D eigenvalue weighted by atomic mass is 9.91. The monoisotopic (exact) mass is 316 g/mol. The number of nitrogens with zero attached hydrogens (tertiary/aromatic N) is 2. The second kappa shape index (κ2) is 7.78. The Bertz CT molecular complexity index is 468. The average molecular weight is 316 g/mol. The van der Waals surface area contributed by atoms with Crippen LogP contribution in [0.25, 0.3) is 0 Å². The zero-order chi connectivity index (χ0) is 16.2. The summed E-state index contributed by atoms with van der Waals surface area (Å²) < 4.78 is 5.70. The Kier molecular flexibility index (Phi) is 5.73. The largest absolute Gasteiger partial charge is 0.376 e. The van der Waals surface area contributed by atoms with Crippen molar-refractivity contribution >= 4 is 0 Å². The molecular weight excluding hydrogens is 284 g/mol. The molecule has 0 spiro atoms. The molecule has 0 bridgehead atoms. The third-order valence-electron chi connectivity index (χ3n) is 5.45. The number of hydrogen-bond donors (Lipinski definition) is 0. The number of morpholine rings is 1. The molecule has 3 rings (SSSR count). The molecule has 0 saturated carbocycles. The van der Waals surface area contributed by atoms with E-state index in [0.29, 0.717) is 18.1 Å². The molecule has 2 atom stereocenters. The third-order valence-corrected chi connectivity index (χ3v) is 5.45. The number of hydrogen-bond acceptors (Lipinski definition) is 3. The molecule has 2 aliphatic heterocycles. The van der Waals surface area contributed by atoms with E-state index in [1.807, 2.05) is 0 Å². The van der Waals surface area contributed by atoms with E-state index in [4.69, 9.17) is 4.74 Å². The molecule has 0 amide bonds. The van der Waals surface area contributed by atoms with Gasteiger partial charge in [0.05, 0.1) is 12.7 Å². The van der Waals surface area contributed by atoms with Crippen LogP contribution in [0.3, 0.4) is 0 Å². The van der Waals surface area contributed by atoms with Crippen molar-refractivity contribution in [3.05, 3.63) is 35.9 Å². The van der Waals surface area contributed by atoms with Crippen LogP contribution in [0.1, 0.15) is 45.2 Å².